The molecule has 3 aromatic rings. The molecular formula is C13H8N6. The smallest absolute Gasteiger partial charge is 0.181 e. The van der Waals surface area contributed by atoms with Gasteiger partial charge in [-0.25, -0.2) is 14.6 Å². The lowest BCUT2D eigenvalue weighted by Crippen LogP contribution is -1.96. The lowest BCUT2D eigenvalue weighted by atomic mass is 10.3. The van der Waals surface area contributed by atoms with Gasteiger partial charge in [0.15, 0.2) is 5.82 Å². The van der Waals surface area contributed by atoms with Crippen molar-refractivity contribution >= 4 is 0 Å². The van der Waals surface area contributed by atoms with Crippen molar-refractivity contribution in [3.8, 4) is 23.1 Å². The van der Waals surface area contributed by atoms with Gasteiger partial charge in [-0.05, 0) is 18.2 Å². The van der Waals surface area contributed by atoms with Crippen LogP contribution in [0.3, 0.4) is 0 Å². The Kier molecular flexibility index (Phi) is 2.71. The van der Waals surface area contributed by atoms with E-state index >= 15 is 0 Å². The Hall–Kier alpha value is -3.07. The van der Waals surface area contributed by atoms with Crippen molar-refractivity contribution in [1.82, 2.24) is 24.7 Å². The molecule has 0 unspecified atom stereocenters. The number of nitriles is 1. The molecule has 0 atom stereocenters. The zero-order chi connectivity index (χ0) is 13.1. The second-order valence-electron chi connectivity index (χ2n) is 3.76. The van der Waals surface area contributed by atoms with Crippen LogP contribution in [0.4, 0.5) is 0 Å². The van der Waals surface area contributed by atoms with Crippen molar-refractivity contribution in [2.45, 2.75) is 0 Å². The highest BCUT2D eigenvalue weighted by atomic mass is 15.3. The summed E-state index contributed by atoms with van der Waals surface area (Å²) >= 11 is 0. The van der Waals surface area contributed by atoms with Gasteiger partial charge < -0.3 is 0 Å². The minimum Gasteiger partial charge on any atom is -0.265 e. The number of hydrogen-bond donors (Lipinski definition) is 0. The van der Waals surface area contributed by atoms with Crippen LogP contribution < -0.4 is 0 Å². The zero-order valence-electron chi connectivity index (χ0n) is 9.80. The maximum atomic E-state index is 8.83. The van der Waals surface area contributed by atoms with Gasteiger partial charge in [-0.3, -0.25) is 4.98 Å². The molecule has 0 saturated carbocycles. The third-order valence-electron chi connectivity index (χ3n) is 2.55. The molecule has 6 heteroatoms. The highest BCUT2D eigenvalue weighted by molar-refractivity contribution is 5.53. The fourth-order valence-electron chi connectivity index (χ4n) is 1.64. The monoisotopic (exact) mass is 248 g/mol. The van der Waals surface area contributed by atoms with Crippen LogP contribution in [0.15, 0.2) is 49.2 Å². The summed E-state index contributed by atoms with van der Waals surface area (Å²) in [5, 5.41) is 13.2. The molecule has 0 aliphatic carbocycles. The number of hydrogen-bond acceptors (Lipinski definition) is 5. The van der Waals surface area contributed by atoms with Crippen molar-refractivity contribution in [2.75, 3.05) is 0 Å². The minimum absolute atomic E-state index is 0.346. The number of aromatic nitrogens is 5. The zero-order valence-corrected chi connectivity index (χ0v) is 9.80. The van der Waals surface area contributed by atoms with Crippen molar-refractivity contribution in [2.24, 2.45) is 0 Å². The fraction of sp³-hybridized carbons (Fsp3) is 0. The van der Waals surface area contributed by atoms with E-state index in [9.17, 15) is 0 Å². The normalized spacial score (nSPS) is 10.1. The van der Waals surface area contributed by atoms with E-state index in [4.69, 9.17) is 5.26 Å². The molecule has 90 valence electrons. The Morgan fingerprint density at radius 1 is 1.05 bits per heavy atom. The molecule has 0 aliphatic heterocycles. The third kappa shape index (κ3) is 2.17. The molecule has 3 heterocycles. The number of rotatable bonds is 2. The molecule has 0 amide bonds. The molecule has 0 N–H and O–H groups in total. The summed E-state index contributed by atoms with van der Waals surface area (Å²) in [6.45, 7) is 0. The van der Waals surface area contributed by atoms with Gasteiger partial charge in [0.25, 0.3) is 0 Å². The van der Waals surface area contributed by atoms with Gasteiger partial charge in [0.2, 0.25) is 0 Å². The molecule has 3 rings (SSSR count). The third-order valence-corrected chi connectivity index (χ3v) is 2.55. The van der Waals surface area contributed by atoms with E-state index in [2.05, 4.69) is 20.1 Å². The Bertz CT molecular complexity index is 741. The first kappa shape index (κ1) is 11.0. The van der Waals surface area contributed by atoms with Crippen LogP contribution in [-0.4, -0.2) is 24.7 Å². The molecule has 0 saturated heterocycles. The molecule has 0 aromatic carbocycles. The molecule has 0 aliphatic rings. The van der Waals surface area contributed by atoms with Crippen LogP contribution in [-0.2, 0) is 0 Å². The molecule has 0 spiro atoms. The molecule has 6 nitrogen and oxygen atoms in total. The topological polar surface area (TPSA) is 80.3 Å². The summed E-state index contributed by atoms with van der Waals surface area (Å²) < 4.78 is 1.61. The summed E-state index contributed by atoms with van der Waals surface area (Å²) in [6, 6.07) is 9.10. The maximum absolute atomic E-state index is 8.83. The highest BCUT2D eigenvalue weighted by Crippen LogP contribution is 2.14. The lowest BCUT2D eigenvalue weighted by Gasteiger charge is -1.99. The number of nitrogens with zero attached hydrogens (tertiary/aromatic N) is 6. The number of pyridine rings is 2. The van der Waals surface area contributed by atoms with Crippen LogP contribution in [0.5, 0.6) is 0 Å². The van der Waals surface area contributed by atoms with Crippen LogP contribution in [0, 0.1) is 11.3 Å². The summed E-state index contributed by atoms with van der Waals surface area (Å²) in [6.07, 6.45) is 6.56. The van der Waals surface area contributed by atoms with Crippen LogP contribution >= 0.6 is 0 Å². The lowest BCUT2D eigenvalue weighted by molar-refractivity contribution is 0.878. The molecule has 3 aromatic heterocycles. The first-order chi connectivity index (χ1) is 9.36. The van der Waals surface area contributed by atoms with Gasteiger partial charge in [0.1, 0.15) is 18.1 Å². The molecular weight excluding hydrogens is 240 g/mol. The Morgan fingerprint density at radius 3 is 2.68 bits per heavy atom. The van der Waals surface area contributed by atoms with Gasteiger partial charge in [0, 0.05) is 30.2 Å². The standard InChI is InChI=1S/C13H8N6/c14-8-11-7-12(3-6-16-11)19-9-17-13(18-19)10-1-4-15-5-2-10/h1-7,9H. The van der Waals surface area contributed by atoms with E-state index < -0.39 is 0 Å². The fourth-order valence-corrected chi connectivity index (χ4v) is 1.64. The second kappa shape index (κ2) is 4.66. The second-order valence-corrected chi connectivity index (χ2v) is 3.76. The molecule has 0 bridgehead atoms. The minimum atomic E-state index is 0.346. The van der Waals surface area contributed by atoms with Crippen molar-refractivity contribution in [3.05, 3.63) is 54.9 Å². The van der Waals surface area contributed by atoms with Gasteiger partial charge in [-0.1, -0.05) is 0 Å². The van der Waals surface area contributed by atoms with Gasteiger partial charge >= 0.3 is 0 Å². The van der Waals surface area contributed by atoms with Crippen molar-refractivity contribution < 1.29 is 0 Å². The SMILES string of the molecule is N#Cc1cc(-n2cnc(-c3ccncc3)n2)ccn1. The average molecular weight is 248 g/mol. The van der Waals surface area contributed by atoms with E-state index in [1.54, 1.807) is 41.7 Å². The van der Waals surface area contributed by atoms with E-state index in [1.807, 2.05) is 18.2 Å². The first-order valence-electron chi connectivity index (χ1n) is 5.55. The Morgan fingerprint density at radius 2 is 1.89 bits per heavy atom. The van der Waals surface area contributed by atoms with E-state index in [-0.39, 0.29) is 0 Å². The summed E-state index contributed by atoms with van der Waals surface area (Å²) in [5.41, 5.74) is 1.99. The summed E-state index contributed by atoms with van der Waals surface area (Å²) in [5.74, 6) is 0.609. The predicted molar refractivity (Wildman–Crippen MR) is 67.1 cm³/mol. The van der Waals surface area contributed by atoms with E-state index in [0.717, 1.165) is 11.3 Å². The van der Waals surface area contributed by atoms with Gasteiger partial charge in [-0.2, -0.15) is 5.26 Å². The predicted octanol–water partition coefficient (Wildman–Crippen LogP) is 1.60. The highest BCUT2D eigenvalue weighted by Gasteiger charge is 2.05. The maximum Gasteiger partial charge on any atom is 0.181 e. The Balaban J connectivity index is 2.00. The first-order valence-corrected chi connectivity index (χ1v) is 5.55. The summed E-state index contributed by atoms with van der Waals surface area (Å²) in [7, 11) is 0. The van der Waals surface area contributed by atoms with Crippen LogP contribution in [0.1, 0.15) is 5.69 Å². The van der Waals surface area contributed by atoms with Crippen LogP contribution in [0.25, 0.3) is 17.1 Å². The largest absolute Gasteiger partial charge is 0.265 e. The van der Waals surface area contributed by atoms with E-state index in [0.29, 0.717) is 11.5 Å². The molecule has 0 radical (unpaired) electrons. The van der Waals surface area contributed by atoms with E-state index in [1.165, 1.54) is 0 Å². The molecule has 19 heavy (non-hydrogen) atoms. The molecule has 0 fully saturated rings. The summed E-state index contributed by atoms with van der Waals surface area (Å²) in [4.78, 5) is 12.1. The van der Waals surface area contributed by atoms with Gasteiger partial charge in [-0.15, -0.1) is 5.10 Å². The van der Waals surface area contributed by atoms with Gasteiger partial charge in [0.05, 0.1) is 5.69 Å². The Labute approximate surface area is 109 Å². The quantitative estimate of drug-likeness (QED) is 0.688. The van der Waals surface area contributed by atoms with Crippen LogP contribution in [0.2, 0.25) is 0 Å². The average Bonchev–Trinajstić information content (AvgIpc) is 2.98. The van der Waals surface area contributed by atoms with Crippen molar-refractivity contribution in [3.63, 3.8) is 0 Å². The van der Waals surface area contributed by atoms with Crippen molar-refractivity contribution in [1.29, 1.82) is 5.26 Å².